The van der Waals surface area contributed by atoms with Crippen molar-refractivity contribution in [3.05, 3.63) is 0 Å². The summed E-state index contributed by atoms with van der Waals surface area (Å²) < 4.78 is 27.8. The molecule has 3 N–H and O–H groups in total. The molecular weight excluding hydrogens is 781 g/mol. The standard InChI is InChI=1S/C12H22N2O.C7H14N2O.C6H12N2O2.C6H12N2O.C5H9NO.C4H9NO2S/c1-11-5-9-14(10-6-11)12(15)13-7-3-2-4-8-13;1-8-7(10)9-5-3-2-4-6-9;1-7-6(9)8-2-4-10-5-3-8;1-7-6(9)8-4-2-3-5-8;1-6-4-2-3-5(6)7;1-5-3-2-4-8(5,6)7/h11H,2-10H2,1H3;2-6H2,1H3,(H,8,10);2-5H2,1H3,(H,7,9);2-5H2,1H3,(H,7,9);2-4H2,1H3;2-4H2,1H3. The second-order valence-corrected chi connectivity index (χ2v) is 18.1. The number of amides is 9. The fourth-order valence-corrected chi connectivity index (χ4v) is 8.50. The Morgan fingerprint density at radius 3 is 1.27 bits per heavy atom. The van der Waals surface area contributed by atoms with E-state index in [9.17, 15) is 32.4 Å². The molecule has 59 heavy (non-hydrogen) atoms. The number of ether oxygens (including phenoxy) is 1. The Bertz CT molecular complexity index is 1310. The van der Waals surface area contributed by atoms with Crippen LogP contribution in [-0.4, -0.2) is 205 Å². The topological polar surface area (TPSA) is 187 Å². The third kappa shape index (κ3) is 20.0. The zero-order valence-corrected chi connectivity index (χ0v) is 38.0. The van der Waals surface area contributed by atoms with Gasteiger partial charge in [0, 0.05) is 120 Å². The minimum atomic E-state index is -2.79. The lowest BCUT2D eigenvalue weighted by atomic mass is 9.99. The maximum Gasteiger partial charge on any atom is 0.319 e. The first kappa shape index (κ1) is 51.6. The third-order valence-corrected chi connectivity index (χ3v) is 13.3. The van der Waals surface area contributed by atoms with Crippen molar-refractivity contribution in [3.63, 3.8) is 0 Å². The van der Waals surface area contributed by atoms with Crippen molar-refractivity contribution in [1.29, 1.82) is 0 Å². The minimum Gasteiger partial charge on any atom is -0.378 e. The molecule has 0 aromatic heterocycles. The zero-order chi connectivity index (χ0) is 43.6. The molecule has 18 nitrogen and oxygen atoms in total. The number of morpholine rings is 1. The van der Waals surface area contributed by atoms with Gasteiger partial charge in [0.15, 0.2) is 0 Å². The summed E-state index contributed by atoms with van der Waals surface area (Å²) in [7, 11) is 5.65. The Kier molecular flexibility index (Phi) is 25.2. The maximum atomic E-state index is 12.1. The summed E-state index contributed by atoms with van der Waals surface area (Å²) in [5.41, 5.74) is 0. The largest absolute Gasteiger partial charge is 0.378 e. The minimum absolute atomic E-state index is 0.0108. The van der Waals surface area contributed by atoms with E-state index in [0.717, 1.165) is 110 Å². The van der Waals surface area contributed by atoms with Crippen molar-refractivity contribution in [2.75, 3.05) is 133 Å². The van der Waals surface area contributed by atoms with Gasteiger partial charge in [-0.15, -0.1) is 0 Å². The molecular formula is C40H78N10O8S. The normalized spacial score (nSPS) is 21.7. The fourth-order valence-electron chi connectivity index (χ4n) is 7.29. The van der Waals surface area contributed by atoms with Gasteiger partial charge < -0.3 is 50.1 Å². The van der Waals surface area contributed by atoms with E-state index in [1.165, 1.54) is 42.8 Å². The Labute approximate surface area is 355 Å². The van der Waals surface area contributed by atoms with Crippen LogP contribution in [0.5, 0.6) is 0 Å². The van der Waals surface area contributed by atoms with Gasteiger partial charge in [0.05, 0.1) is 19.0 Å². The number of carbonyl (C=O) groups excluding carboxylic acids is 5. The van der Waals surface area contributed by atoms with Gasteiger partial charge in [-0.1, -0.05) is 6.92 Å². The number of piperidine rings is 3. The van der Waals surface area contributed by atoms with Crippen LogP contribution >= 0.6 is 0 Å². The lowest BCUT2D eigenvalue weighted by Gasteiger charge is -2.36. The first-order chi connectivity index (χ1) is 28.2. The molecule has 7 saturated heterocycles. The van der Waals surface area contributed by atoms with E-state index in [1.807, 2.05) is 26.6 Å². The van der Waals surface area contributed by atoms with E-state index in [2.05, 4.69) is 22.9 Å². The maximum absolute atomic E-state index is 12.1. The molecule has 19 heteroatoms. The van der Waals surface area contributed by atoms with Gasteiger partial charge in [-0.05, 0) is 83.0 Å². The van der Waals surface area contributed by atoms with E-state index in [4.69, 9.17) is 4.74 Å². The first-order valence-electron chi connectivity index (χ1n) is 21.9. The Balaban J connectivity index is 0.000000249. The van der Waals surface area contributed by atoms with Gasteiger partial charge in [0.25, 0.3) is 0 Å². The summed E-state index contributed by atoms with van der Waals surface area (Å²) in [6.07, 6.45) is 14.5. The van der Waals surface area contributed by atoms with Crippen LogP contribution in [0.3, 0.4) is 0 Å². The van der Waals surface area contributed by atoms with Crippen molar-refractivity contribution >= 4 is 40.1 Å². The van der Waals surface area contributed by atoms with Crippen LogP contribution in [0.15, 0.2) is 0 Å². The lowest BCUT2D eigenvalue weighted by molar-refractivity contribution is -0.126. The van der Waals surface area contributed by atoms with Crippen LogP contribution in [-0.2, 0) is 19.6 Å². The van der Waals surface area contributed by atoms with E-state index in [-0.39, 0.29) is 18.1 Å². The van der Waals surface area contributed by atoms with Crippen molar-refractivity contribution in [2.45, 2.75) is 90.4 Å². The average Bonchev–Trinajstić information content (AvgIpc) is 4.03. The molecule has 0 bridgehead atoms. The molecule has 0 unspecified atom stereocenters. The van der Waals surface area contributed by atoms with Crippen molar-refractivity contribution in [1.82, 2.24) is 49.7 Å². The average molecular weight is 859 g/mol. The molecule has 0 saturated carbocycles. The van der Waals surface area contributed by atoms with Gasteiger partial charge in [0.1, 0.15) is 0 Å². The molecule has 7 rings (SSSR count). The molecule has 7 heterocycles. The number of urea groups is 4. The highest BCUT2D eigenvalue weighted by Gasteiger charge is 2.26. The molecule has 0 aromatic rings. The molecule has 0 aromatic carbocycles. The van der Waals surface area contributed by atoms with Crippen LogP contribution in [0.25, 0.3) is 0 Å². The molecule has 0 spiro atoms. The fraction of sp³-hybridized carbons (Fsp3) is 0.875. The summed E-state index contributed by atoms with van der Waals surface area (Å²) in [6.45, 7) is 14.3. The number of rotatable bonds is 0. The number of nitrogens with zero attached hydrogens (tertiary/aromatic N) is 7. The summed E-state index contributed by atoms with van der Waals surface area (Å²) in [5, 5.41) is 7.78. The van der Waals surface area contributed by atoms with Gasteiger partial charge in [-0.3, -0.25) is 4.79 Å². The second-order valence-electron chi connectivity index (χ2n) is 15.9. The second kappa shape index (κ2) is 28.8. The highest BCUT2D eigenvalue weighted by atomic mass is 32.2. The summed E-state index contributed by atoms with van der Waals surface area (Å²) in [5.74, 6) is 1.43. The summed E-state index contributed by atoms with van der Waals surface area (Å²) >= 11 is 0. The first-order valence-corrected chi connectivity index (χ1v) is 23.5. The summed E-state index contributed by atoms with van der Waals surface area (Å²) in [6, 6.07) is 0.414. The van der Waals surface area contributed by atoms with Crippen molar-refractivity contribution in [2.24, 2.45) is 5.92 Å². The third-order valence-electron chi connectivity index (χ3n) is 11.3. The molecule has 0 atom stereocenters. The number of hydrogen-bond acceptors (Lipinski definition) is 8. The van der Waals surface area contributed by atoms with Crippen LogP contribution in [0, 0.1) is 5.92 Å². The Hall–Kier alpha value is -3.58. The molecule has 0 aliphatic carbocycles. The quantitative estimate of drug-likeness (QED) is 0.332. The van der Waals surface area contributed by atoms with Crippen LogP contribution in [0.4, 0.5) is 19.2 Å². The number of carbonyl (C=O) groups is 5. The van der Waals surface area contributed by atoms with Gasteiger partial charge >= 0.3 is 24.1 Å². The van der Waals surface area contributed by atoms with Gasteiger partial charge in [-0.25, -0.2) is 31.9 Å². The predicted octanol–water partition coefficient (Wildman–Crippen LogP) is 3.11. The van der Waals surface area contributed by atoms with E-state index < -0.39 is 10.0 Å². The van der Waals surface area contributed by atoms with Crippen molar-refractivity contribution < 1.29 is 37.1 Å². The highest BCUT2D eigenvalue weighted by Crippen LogP contribution is 2.19. The molecule has 0 radical (unpaired) electrons. The van der Waals surface area contributed by atoms with E-state index in [1.54, 1.807) is 38.0 Å². The molecule has 342 valence electrons. The molecule has 7 aliphatic rings. The molecule has 7 aliphatic heterocycles. The number of hydrogen-bond donors (Lipinski definition) is 3. The van der Waals surface area contributed by atoms with Gasteiger partial charge in [-0.2, -0.15) is 0 Å². The van der Waals surface area contributed by atoms with Gasteiger partial charge in [0.2, 0.25) is 15.9 Å². The highest BCUT2D eigenvalue weighted by molar-refractivity contribution is 7.89. The Morgan fingerprint density at radius 2 is 0.949 bits per heavy atom. The summed E-state index contributed by atoms with van der Waals surface area (Å²) in [4.78, 5) is 66.6. The van der Waals surface area contributed by atoms with E-state index in [0.29, 0.717) is 50.5 Å². The number of nitrogens with one attached hydrogen (secondary N) is 3. The lowest BCUT2D eigenvalue weighted by Crippen LogP contribution is -2.48. The zero-order valence-electron chi connectivity index (χ0n) is 37.2. The molecule has 7 fully saturated rings. The van der Waals surface area contributed by atoms with Crippen LogP contribution in [0.2, 0.25) is 0 Å². The van der Waals surface area contributed by atoms with Crippen LogP contribution < -0.4 is 16.0 Å². The van der Waals surface area contributed by atoms with Crippen molar-refractivity contribution in [3.8, 4) is 0 Å². The van der Waals surface area contributed by atoms with Crippen LogP contribution in [0.1, 0.15) is 90.4 Å². The number of sulfonamides is 1. The SMILES string of the molecule is CC1CCN(C(=O)N2CCCCC2)CC1.CN1CCCC1=O.CN1CCCS1(=O)=O.CNC(=O)N1CCCC1.CNC(=O)N1CCCCC1.CNC(=O)N1CCOCC1. The number of likely N-dealkylation sites (tertiary alicyclic amines) is 5. The smallest absolute Gasteiger partial charge is 0.319 e. The monoisotopic (exact) mass is 859 g/mol. The van der Waals surface area contributed by atoms with E-state index >= 15 is 0 Å². The Morgan fingerprint density at radius 1 is 0.542 bits per heavy atom. The predicted molar refractivity (Wildman–Crippen MR) is 231 cm³/mol. The molecule has 9 amide bonds.